The Labute approximate surface area is 210 Å². The standard InChI is InChI=1S/C30H30S3/c1-5-13-25(14-6-1)21-29(22-26-15-7-2-8-16-26)31-33-32-30(23-27-17-9-3-10-18-27)24-28-19-11-4-12-20-28/h1-20,29-30H,21-24H2. The highest BCUT2D eigenvalue weighted by atomic mass is 33.5. The molecule has 0 aliphatic heterocycles. The third-order valence-electron chi connectivity index (χ3n) is 5.58. The molecule has 0 aliphatic rings. The Morgan fingerprint density at radius 2 is 0.606 bits per heavy atom. The Balaban J connectivity index is 1.40. The van der Waals surface area contributed by atoms with Crippen LogP contribution in [0.25, 0.3) is 0 Å². The topological polar surface area (TPSA) is 0 Å². The van der Waals surface area contributed by atoms with E-state index in [9.17, 15) is 0 Å². The number of hydrogen-bond donors (Lipinski definition) is 0. The van der Waals surface area contributed by atoms with Crippen molar-refractivity contribution in [2.45, 2.75) is 36.2 Å². The zero-order chi connectivity index (χ0) is 22.6. The molecule has 0 aliphatic carbocycles. The molecule has 0 amide bonds. The minimum atomic E-state index is 0.543. The van der Waals surface area contributed by atoms with Gasteiger partial charge in [-0.2, -0.15) is 0 Å². The molecule has 4 aromatic carbocycles. The summed E-state index contributed by atoms with van der Waals surface area (Å²) < 4.78 is 0. The quantitative estimate of drug-likeness (QED) is 0.184. The molecule has 0 N–H and O–H groups in total. The fraction of sp³-hybridized carbons (Fsp3) is 0.200. The van der Waals surface area contributed by atoms with E-state index in [4.69, 9.17) is 0 Å². The minimum Gasteiger partial charge on any atom is -0.0784 e. The van der Waals surface area contributed by atoms with Crippen LogP contribution in [0.15, 0.2) is 121 Å². The van der Waals surface area contributed by atoms with Crippen LogP contribution in [0.4, 0.5) is 0 Å². The second kappa shape index (κ2) is 13.6. The van der Waals surface area contributed by atoms with Crippen LogP contribution >= 0.6 is 31.4 Å². The zero-order valence-electron chi connectivity index (χ0n) is 18.8. The molecule has 3 heteroatoms. The lowest BCUT2D eigenvalue weighted by molar-refractivity contribution is 0.846. The van der Waals surface area contributed by atoms with Crippen LogP contribution in [0.5, 0.6) is 0 Å². The van der Waals surface area contributed by atoms with E-state index in [0.29, 0.717) is 10.5 Å². The zero-order valence-corrected chi connectivity index (χ0v) is 21.2. The third-order valence-corrected chi connectivity index (χ3v) is 10.5. The lowest BCUT2D eigenvalue weighted by Gasteiger charge is -2.19. The Hall–Kier alpha value is -2.07. The molecule has 0 radical (unpaired) electrons. The van der Waals surface area contributed by atoms with Crippen molar-refractivity contribution in [3.63, 3.8) is 0 Å². The van der Waals surface area contributed by atoms with Crippen LogP contribution in [-0.2, 0) is 25.7 Å². The van der Waals surface area contributed by atoms with Gasteiger partial charge in [0.2, 0.25) is 0 Å². The fourth-order valence-electron chi connectivity index (χ4n) is 3.92. The lowest BCUT2D eigenvalue weighted by Crippen LogP contribution is -2.11. The average Bonchev–Trinajstić information content (AvgIpc) is 2.86. The van der Waals surface area contributed by atoms with Crippen LogP contribution < -0.4 is 0 Å². The highest BCUT2D eigenvalue weighted by Crippen LogP contribution is 2.43. The van der Waals surface area contributed by atoms with Gasteiger partial charge in [0.25, 0.3) is 0 Å². The van der Waals surface area contributed by atoms with Gasteiger partial charge in [0.05, 0.1) is 0 Å². The summed E-state index contributed by atoms with van der Waals surface area (Å²) in [5.41, 5.74) is 5.67. The molecule has 0 saturated heterocycles. The van der Waals surface area contributed by atoms with Crippen LogP contribution in [0.2, 0.25) is 0 Å². The first-order valence-electron chi connectivity index (χ1n) is 11.5. The van der Waals surface area contributed by atoms with Crippen molar-refractivity contribution in [1.29, 1.82) is 0 Å². The molecule has 0 heterocycles. The summed E-state index contributed by atoms with van der Waals surface area (Å²) in [6, 6.07) is 43.6. The highest BCUT2D eigenvalue weighted by Gasteiger charge is 2.16. The van der Waals surface area contributed by atoms with Crippen LogP contribution in [0.1, 0.15) is 22.3 Å². The first-order valence-corrected chi connectivity index (χ1v) is 15.1. The summed E-state index contributed by atoms with van der Waals surface area (Å²) in [5, 5.41) is 1.09. The monoisotopic (exact) mass is 486 g/mol. The first-order chi connectivity index (χ1) is 16.3. The van der Waals surface area contributed by atoms with E-state index in [2.05, 4.69) is 121 Å². The molecule has 168 valence electrons. The van der Waals surface area contributed by atoms with Crippen LogP contribution in [0.3, 0.4) is 0 Å². The predicted octanol–water partition coefficient (Wildman–Crippen LogP) is 8.72. The summed E-state index contributed by atoms with van der Waals surface area (Å²) in [6.07, 6.45) is 4.37. The summed E-state index contributed by atoms with van der Waals surface area (Å²) in [7, 11) is 6.06. The third kappa shape index (κ3) is 8.66. The minimum absolute atomic E-state index is 0.543. The van der Waals surface area contributed by atoms with E-state index in [1.807, 2.05) is 31.4 Å². The molecule has 0 nitrogen and oxygen atoms in total. The number of rotatable bonds is 12. The molecule has 0 fully saturated rings. The average molecular weight is 487 g/mol. The number of benzene rings is 4. The molecule has 0 aromatic heterocycles. The van der Waals surface area contributed by atoms with Crippen molar-refractivity contribution in [3.8, 4) is 0 Å². The Kier molecular flexibility index (Phi) is 9.91. The summed E-state index contributed by atoms with van der Waals surface area (Å²) >= 11 is 0. The molecule has 0 spiro atoms. The van der Waals surface area contributed by atoms with E-state index < -0.39 is 0 Å². The second-order valence-electron chi connectivity index (χ2n) is 8.26. The Morgan fingerprint density at radius 3 is 0.848 bits per heavy atom. The first kappa shape index (κ1) is 24.1. The lowest BCUT2D eigenvalue weighted by atomic mass is 10.0. The van der Waals surface area contributed by atoms with Crippen molar-refractivity contribution in [2.24, 2.45) is 0 Å². The van der Waals surface area contributed by atoms with Crippen LogP contribution in [0, 0.1) is 0 Å². The van der Waals surface area contributed by atoms with Gasteiger partial charge < -0.3 is 0 Å². The largest absolute Gasteiger partial charge is 0.0784 e. The fourth-order valence-corrected chi connectivity index (χ4v) is 9.26. The second-order valence-corrected chi connectivity index (χ2v) is 12.9. The maximum Gasteiger partial charge on any atom is 0.0240 e. The van der Waals surface area contributed by atoms with Crippen molar-refractivity contribution in [3.05, 3.63) is 144 Å². The van der Waals surface area contributed by atoms with Crippen molar-refractivity contribution in [1.82, 2.24) is 0 Å². The SMILES string of the molecule is c1ccc(CC(Cc2ccccc2)SSSC(Cc2ccccc2)Cc2ccccc2)cc1. The van der Waals surface area contributed by atoms with Gasteiger partial charge in [-0.25, -0.2) is 0 Å². The molecule has 0 bridgehead atoms. The van der Waals surface area contributed by atoms with Crippen molar-refractivity contribution in [2.75, 3.05) is 0 Å². The highest BCUT2D eigenvalue weighted by molar-refractivity contribution is 9.09. The molecule has 4 rings (SSSR count). The van der Waals surface area contributed by atoms with Gasteiger partial charge in [-0.3, -0.25) is 0 Å². The molecular weight excluding hydrogens is 457 g/mol. The van der Waals surface area contributed by atoms with Gasteiger partial charge in [0.1, 0.15) is 0 Å². The maximum atomic E-state index is 2.25. The van der Waals surface area contributed by atoms with Gasteiger partial charge in [-0.1, -0.05) is 143 Å². The van der Waals surface area contributed by atoms with Crippen molar-refractivity contribution < 1.29 is 0 Å². The molecular formula is C30H30S3. The molecule has 33 heavy (non-hydrogen) atoms. The van der Waals surface area contributed by atoms with E-state index in [1.54, 1.807) is 0 Å². The molecule has 4 aromatic rings. The Bertz CT molecular complexity index is 867. The summed E-state index contributed by atoms with van der Waals surface area (Å²) in [5.74, 6) is 0. The van der Waals surface area contributed by atoms with Crippen molar-refractivity contribution >= 4 is 31.4 Å². The maximum absolute atomic E-state index is 2.25. The van der Waals surface area contributed by atoms with Gasteiger partial charge in [0, 0.05) is 10.5 Å². The molecule has 0 unspecified atom stereocenters. The normalized spacial score (nSPS) is 11.2. The van der Waals surface area contributed by atoms with E-state index in [1.165, 1.54) is 22.3 Å². The summed E-state index contributed by atoms with van der Waals surface area (Å²) in [4.78, 5) is 0. The number of hydrogen-bond acceptors (Lipinski definition) is 3. The Morgan fingerprint density at radius 1 is 0.364 bits per heavy atom. The molecule has 0 atom stereocenters. The van der Waals surface area contributed by atoms with Gasteiger partial charge in [0.15, 0.2) is 0 Å². The van der Waals surface area contributed by atoms with Gasteiger partial charge >= 0.3 is 0 Å². The predicted molar refractivity (Wildman–Crippen MR) is 151 cm³/mol. The summed E-state index contributed by atoms with van der Waals surface area (Å²) in [6.45, 7) is 0. The van der Waals surface area contributed by atoms with E-state index >= 15 is 0 Å². The van der Waals surface area contributed by atoms with Gasteiger partial charge in [-0.05, 0) is 57.8 Å². The van der Waals surface area contributed by atoms with E-state index in [0.717, 1.165) is 25.7 Å². The van der Waals surface area contributed by atoms with Crippen LogP contribution in [-0.4, -0.2) is 10.5 Å². The smallest absolute Gasteiger partial charge is 0.0240 e. The van der Waals surface area contributed by atoms with E-state index in [-0.39, 0.29) is 0 Å². The molecule has 0 saturated carbocycles. The van der Waals surface area contributed by atoms with Gasteiger partial charge in [-0.15, -0.1) is 0 Å².